The molecule has 1 aliphatic rings. The summed E-state index contributed by atoms with van der Waals surface area (Å²) in [6.45, 7) is 3.85. The van der Waals surface area contributed by atoms with E-state index in [1.54, 1.807) is 52.0 Å². The predicted octanol–water partition coefficient (Wildman–Crippen LogP) is 3.53. The molecule has 1 aliphatic carbocycles. The lowest BCUT2D eigenvalue weighted by Crippen LogP contribution is -1.97. The van der Waals surface area contributed by atoms with E-state index in [4.69, 9.17) is 3.07 Å². The van der Waals surface area contributed by atoms with Crippen molar-refractivity contribution >= 4 is 34.3 Å². The van der Waals surface area contributed by atoms with Crippen LogP contribution in [0.15, 0.2) is 24.5 Å². The first-order valence-corrected chi connectivity index (χ1v) is 9.10. The summed E-state index contributed by atoms with van der Waals surface area (Å²) in [7, 11) is 0. The van der Waals surface area contributed by atoms with E-state index in [9.17, 15) is 4.39 Å². The smallest absolute Gasteiger partial charge is 0.221 e. The van der Waals surface area contributed by atoms with Gasteiger partial charge in [-0.3, -0.25) is 9.38 Å². The van der Waals surface area contributed by atoms with Crippen molar-refractivity contribution in [2.75, 3.05) is 0 Å². The minimum Gasteiger partial charge on any atom is -0.424 e. The maximum Gasteiger partial charge on any atom is 0.221 e. The Morgan fingerprint density at radius 2 is 2.08 bits per heavy atom. The number of halogens is 2. The zero-order chi connectivity index (χ0) is 18.0. The van der Waals surface area contributed by atoms with Gasteiger partial charge in [-0.25, -0.2) is 14.5 Å². The van der Waals surface area contributed by atoms with E-state index in [2.05, 4.69) is 20.1 Å². The molecule has 0 aromatic carbocycles. The quantitative estimate of drug-likeness (QED) is 0.434. The molecule has 0 amide bonds. The molecule has 0 spiro atoms. The Bertz CT molecular complexity index is 1130. The van der Waals surface area contributed by atoms with Gasteiger partial charge < -0.3 is 3.07 Å². The monoisotopic (exact) mass is 464 g/mol. The van der Waals surface area contributed by atoms with Gasteiger partial charge in [0.1, 0.15) is 5.69 Å². The van der Waals surface area contributed by atoms with E-state index in [1.807, 2.05) is 13.8 Å². The molecule has 0 N–H and O–H groups in total. The van der Waals surface area contributed by atoms with Gasteiger partial charge in [0, 0.05) is 24.2 Å². The third-order valence-corrected chi connectivity index (χ3v) is 5.34. The Morgan fingerprint density at radius 3 is 2.85 bits per heavy atom. The van der Waals surface area contributed by atoms with Gasteiger partial charge >= 0.3 is 0 Å². The van der Waals surface area contributed by atoms with Crippen LogP contribution < -0.4 is 3.07 Å². The summed E-state index contributed by atoms with van der Waals surface area (Å²) >= 11 is 1.78. The fourth-order valence-corrected chi connectivity index (χ4v) is 3.72. The number of pyridine rings is 1. The molecule has 0 saturated heterocycles. The van der Waals surface area contributed by atoms with Crippen LogP contribution in [-0.2, 0) is 0 Å². The number of rotatable bonds is 3. The van der Waals surface area contributed by atoms with Gasteiger partial charge in [0.05, 0.1) is 11.4 Å². The van der Waals surface area contributed by atoms with Crippen molar-refractivity contribution in [3.63, 3.8) is 0 Å². The maximum atomic E-state index is 14.8. The standard InChI is InChI=1S/C17H14FIN6O/c1-8-7-20-9(2)16-22-15(23-25(8)16)11-6-10(11)13-14(18)24-5-3-4-12(26-19)17(24)21-13/h3-5,7,10-11H,6H2,1-2H3. The molecule has 26 heavy (non-hydrogen) atoms. The lowest BCUT2D eigenvalue weighted by atomic mass is 10.2. The number of fused-ring (bicyclic) bond motifs is 2. The highest BCUT2D eigenvalue weighted by Gasteiger charge is 2.46. The molecular weight excluding hydrogens is 450 g/mol. The SMILES string of the molecule is Cc1ncc(C)n2nc(C3CC3c3nc4c(OI)cccn4c3F)nc12. The average molecular weight is 464 g/mol. The van der Waals surface area contributed by atoms with Crippen molar-refractivity contribution < 1.29 is 7.46 Å². The lowest BCUT2D eigenvalue weighted by Gasteiger charge is -1.98. The molecule has 132 valence electrons. The first kappa shape index (κ1) is 15.9. The molecule has 1 saturated carbocycles. The zero-order valence-electron chi connectivity index (χ0n) is 14.0. The van der Waals surface area contributed by atoms with Crippen molar-refractivity contribution in [2.24, 2.45) is 0 Å². The predicted molar refractivity (Wildman–Crippen MR) is 100 cm³/mol. The zero-order valence-corrected chi connectivity index (χ0v) is 16.2. The fraction of sp³-hybridized carbons (Fsp3) is 0.294. The largest absolute Gasteiger partial charge is 0.424 e. The topological polar surface area (TPSA) is 69.6 Å². The molecule has 0 radical (unpaired) electrons. The van der Waals surface area contributed by atoms with Crippen LogP contribution in [0.25, 0.3) is 11.3 Å². The number of nitrogens with zero attached hydrogens (tertiary/aromatic N) is 6. The minimum absolute atomic E-state index is 0.0251. The van der Waals surface area contributed by atoms with E-state index in [-0.39, 0.29) is 17.8 Å². The maximum absolute atomic E-state index is 14.8. The highest BCUT2D eigenvalue weighted by atomic mass is 127. The Labute approximate surface area is 161 Å². The molecule has 0 aliphatic heterocycles. The first-order valence-electron chi connectivity index (χ1n) is 8.22. The average Bonchev–Trinajstić information content (AvgIpc) is 3.17. The second-order valence-electron chi connectivity index (χ2n) is 6.57. The van der Waals surface area contributed by atoms with E-state index in [1.165, 1.54) is 4.40 Å². The second-order valence-corrected chi connectivity index (χ2v) is 7.01. The van der Waals surface area contributed by atoms with Crippen LogP contribution in [0, 0.1) is 19.8 Å². The molecule has 0 bridgehead atoms. The van der Waals surface area contributed by atoms with Crippen LogP contribution >= 0.6 is 23.0 Å². The number of aryl methyl sites for hydroxylation is 2. The molecule has 4 aromatic heterocycles. The van der Waals surface area contributed by atoms with Crippen molar-refractivity contribution in [3.8, 4) is 5.75 Å². The molecule has 9 heteroatoms. The highest BCUT2D eigenvalue weighted by Crippen LogP contribution is 2.54. The number of hydrogen-bond acceptors (Lipinski definition) is 5. The number of aromatic nitrogens is 6. The van der Waals surface area contributed by atoms with Crippen LogP contribution in [0.4, 0.5) is 4.39 Å². The van der Waals surface area contributed by atoms with Gasteiger partial charge in [-0.15, -0.1) is 0 Å². The van der Waals surface area contributed by atoms with Gasteiger partial charge in [0.15, 0.2) is 45.9 Å². The number of imidazole rings is 1. The normalized spacial score (nSPS) is 19.4. The van der Waals surface area contributed by atoms with E-state index in [0.717, 1.165) is 29.3 Å². The Balaban J connectivity index is 1.55. The van der Waals surface area contributed by atoms with Gasteiger partial charge in [-0.2, -0.15) is 9.49 Å². The van der Waals surface area contributed by atoms with Gasteiger partial charge in [0.25, 0.3) is 0 Å². The van der Waals surface area contributed by atoms with E-state index in [0.29, 0.717) is 17.1 Å². The summed E-state index contributed by atoms with van der Waals surface area (Å²) in [5, 5.41) is 4.61. The molecular formula is C17H14FIN6O. The highest BCUT2D eigenvalue weighted by molar-refractivity contribution is 14.1. The lowest BCUT2D eigenvalue weighted by molar-refractivity contribution is 0.554. The molecule has 7 nitrogen and oxygen atoms in total. The summed E-state index contributed by atoms with van der Waals surface area (Å²) in [6.07, 6.45) is 4.21. The molecule has 5 rings (SSSR count). The van der Waals surface area contributed by atoms with Gasteiger partial charge in [-0.1, -0.05) is 0 Å². The Morgan fingerprint density at radius 1 is 1.23 bits per heavy atom. The Kier molecular flexibility index (Phi) is 3.43. The van der Waals surface area contributed by atoms with Gasteiger partial charge in [0.2, 0.25) is 5.95 Å². The van der Waals surface area contributed by atoms with Gasteiger partial charge in [-0.05, 0) is 32.4 Å². The fourth-order valence-electron chi connectivity index (χ4n) is 3.38. The third kappa shape index (κ3) is 2.22. The number of hydrogen-bond donors (Lipinski definition) is 0. The summed E-state index contributed by atoms with van der Waals surface area (Å²) < 4.78 is 23.3. The Hall–Kier alpha value is -2.30. The first-order chi connectivity index (χ1) is 12.6. The summed E-state index contributed by atoms with van der Waals surface area (Å²) in [5.41, 5.74) is 3.43. The van der Waals surface area contributed by atoms with E-state index >= 15 is 0 Å². The third-order valence-electron chi connectivity index (χ3n) is 4.86. The van der Waals surface area contributed by atoms with Crippen LogP contribution in [0.3, 0.4) is 0 Å². The summed E-state index contributed by atoms with van der Waals surface area (Å²) in [6, 6.07) is 3.51. The van der Waals surface area contributed by atoms with Crippen molar-refractivity contribution in [2.45, 2.75) is 32.1 Å². The van der Waals surface area contributed by atoms with Crippen LogP contribution in [0.5, 0.6) is 5.75 Å². The molecule has 4 heterocycles. The molecule has 1 fully saturated rings. The van der Waals surface area contributed by atoms with Crippen LogP contribution in [0.2, 0.25) is 0 Å². The van der Waals surface area contributed by atoms with Crippen LogP contribution in [-0.4, -0.2) is 29.0 Å². The second kappa shape index (κ2) is 5.60. The molecule has 4 aromatic rings. The molecule has 2 unspecified atom stereocenters. The summed E-state index contributed by atoms with van der Waals surface area (Å²) in [5.74, 6) is 0.954. The minimum atomic E-state index is -0.347. The van der Waals surface area contributed by atoms with Crippen LogP contribution in [0.1, 0.15) is 41.2 Å². The van der Waals surface area contributed by atoms with E-state index < -0.39 is 0 Å². The van der Waals surface area contributed by atoms with Crippen molar-refractivity contribution in [3.05, 3.63) is 53.4 Å². The van der Waals surface area contributed by atoms with Crippen molar-refractivity contribution in [1.29, 1.82) is 0 Å². The van der Waals surface area contributed by atoms with Crippen molar-refractivity contribution in [1.82, 2.24) is 29.0 Å². The molecule has 2 atom stereocenters. The summed E-state index contributed by atoms with van der Waals surface area (Å²) in [4.78, 5) is 13.5.